The van der Waals surface area contributed by atoms with E-state index in [2.05, 4.69) is 261 Å². The Bertz CT molecular complexity index is 4600. The molecule has 0 amide bonds. The van der Waals surface area contributed by atoms with Crippen molar-refractivity contribution in [3.8, 4) is 39.9 Å². The summed E-state index contributed by atoms with van der Waals surface area (Å²) in [5.74, 6) is 0. The molecule has 11 aromatic carbocycles. The fourth-order valence-corrected chi connectivity index (χ4v) is 13.8. The Kier molecular flexibility index (Phi) is 8.33. The minimum atomic E-state index is 0.555. The second-order valence-electron chi connectivity index (χ2n) is 19.0. The van der Waals surface area contributed by atoms with Gasteiger partial charge in [0.1, 0.15) is 11.6 Å². The summed E-state index contributed by atoms with van der Waals surface area (Å²) in [5.41, 5.74) is 14.4. The van der Waals surface area contributed by atoms with E-state index >= 15 is 0 Å². The molecular weight excluding hydrogens is 907 g/mol. The summed E-state index contributed by atoms with van der Waals surface area (Å²) in [6.07, 6.45) is 0. The van der Waals surface area contributed by atoms with Crippen LogP contribution in [0.15, 0.2) is 237 Å². The van der Waals surface area contributed by atoms with Crippen LogP contribution in [-0.2, 0) is 0 Å². The number of hydrogen-bond donors (Lipinski definition) is 0. The van der Waals surface area contributed by atoms with Crippen LogP contribution in [0.4, 0.5) is 0 Å². The molecule has 0 saturated carbocycles. The fraction of sp³-hybridized carbons (Fsp3) is 0. The van der Waals surface area contributed by atoms with Crippen molar-refractivity contribution in [2.75, 3.05) is 0 Å². The smallest absolute Gasteiger partial charge is 0.104 e. The van der Waals surface area contributed by atoms with Gasteiger partial charge < -0.3 is 18.3 Å². The van der Waals surface area contributed by atoms with Crippen molar-refractivity contribution in [1.29, 1.82) is 5.26 Å². The van der Waals surface area contributed by atoms with E-state index in [9.17, 15) is 5.26 Å². The largest absolute Gasteiger partial charge is 0.306 e. The second-order valence-corrected chi connectivity index (χ2v) is 20.1. The predicted octanol–water partition coefficient (Wildman–Crippen LogP) is 18.0. The van der Waals surface area contributed by atoms with Gasteiger partial charge in [-0.1, -0.05) is 182 Å². The van der Waals surface area contributed by atoms with Gasteiger partial charge in [-0.05, 0) is 54.6 Å². The Morgan fingerprint density at radius 3 is 0.877 bits per heavy atom. The van der Waals surface area contributed by atoms with Crippen molar-refractivity contribution in [2.24, 2.45) is 0 Å². The highest BCUT2D eigenvalue weighted by molar-refractivity contribution is 7.26. The normalized spacial score (nSPS) is 12.1. The minimum absolute atomic E-state index is 0.555. The van der Waals surface area contributed by atoms with E-state index < -0.39 is 0 Å². The van der Waals surface area contributed by atoms with E-state index in [4.69, 9.17) is 0 Å². The van der Waals surface area contributed by atoms with Gasteiger partial charge in [-0.3, -0.25) is 0 Å². The lowest BCUT2D eigenvalue weighted by Crippen LogP contribution is -2.16. The standard InChI is InChI=1S/C67H39N5S/c68-40-52-63(69-53-31-10-1-20-41(53)42-21-2-11-32-54(42)69)65(71-57-35-14-5-24-45(57)46-25-6-15-36-58(46)71)62(51-30-19-29-50-49-28-9-18-39-61(49)73-67(50)51)66(72-59-37-16-7-26-47(59)48-27-8-17-38-60(48)72)64(52)70-55-33-12-3-22-43(55)44-23-4-13-34-56(44)70/h1-39H. The van der Waals surface area contributed by atoms with Gasteiger partial charge in [-0.15, -0.1) is 11.3 Å². The first kappa shape index (κ1) is 40.1. The Hall–Kier alpha value is -9.67. The molecule has 5 heterocycles. The number of benzene rings is 11. The molecule has 6 heteroatoms. The molecule has 0 aliphatic rings. The molecule has 16 rings (SSSR count). The molecule has 16 aromatic rings. The summed E-state index contributed by atoms with van der Waals surface area (Å²) in [7, 11) is 0. The van der Waals surface area contributed by atoms with Crippen molar-refractivity contribution in [3.05, 3.63) is 242 Å². The highest BCUT2D eigenvalue weighted by Gasteiger charge is 2.35. The summed E-state index contributed by atoms with van der Waals surface area (Å²) in [5, 5.41) is 24.3. The van der Waals surface area contributed by atoms with Crippen LogP contribution < -0.4 is 0 Å². The maximum Gasteiger partial charge on any atom is 0.104 e. The van der Waals surface area contributed by atoms with Crippen LogP contribution >= 0.6 is 11.3 Å². The molecule has 0 fully saturated rings. The molecule has 73 heavy (non-hydrogen) atoms. The zero-order valence-corrected chi connectivity index (χ0v) is 40.0. The quantitative estimate of drug-likeness (QED) is 0.170. The van der Waals surface area contributed by atoms with Gasteiger partial charge in [-0.2, -0.15) is 5.26 Å². The first-order valence-electron chi connectivity index (χ1n) is 24.8. The van der Waals surface area contributed by atoms with Crippen molar-refractivity contribution >= 4 is 119 Å². The molecule has 0 saturated heterocycles. The number of nitrogens with zero attached hydrogens (tertiary/aromatic N) is 5. The highest BCUT2D eigenvalue weighted by Crippen LogP contribution is 2.54. The number of thiophene rings is 1. The number of nitriles is 1. The van der Waals surface area contributed by atoms with E-state index in [0.717, 1.165) is 121 Å². The molecule has 0 spiro atoms. The van der Waals surface area contributed by atoms with E-state index in [1.54, 1.807) is 0 Å². The van der Waals surface area contributed by atoms with Gasteiger partial charge in [0.05, 0.1) is 66.9 Å². The minimum Gasteiger partial charge on any atom is -0.306 e. The zero-order valence-electron chi connectivity index (χ0n) is 39.2. The molecule has 338 valence electrons. The maximum absolute atomic E-state index is 12.8. The lowest BCUT2D eigenvalue weighted by Gasteiger charge is -2.29. The molecule has 5 nitrogen and oxygen atoms in total. The van der Waals surface area contributed by atoms with Crippen LogP contribution in [0, 0.1) is 11.3 Å². The van der Waals surface area contributed by atoms with Crippen LogP contribution in [0.5, 0.6) is 0 Å². The lowest BCUT2D eigenvalue weighted by atomic mass is 9.92. The molecule has 0 N–H and O–H groups in total. The second kappa shape index (κ2) is 15.2. The van der Waals surface area contributed by atoms with Crippen molar-refractivity contribution in [1.82, 2.24) is 18.3 Å². The third-order valence-electron chi connectivity index (χ3n) is 15.4. The number of hydrogen-bond acceptors (Lipinski definition) is 2. The molecule has 0 atom stereocenters. The van der Waals surface area contributed by atoms with Gasteiger partial charge in [0.25, 0.3) is 0 Å². The highest BCUT2D eigenvalue weighted by atomic mass is 32.1. The third kappa shape index (κ3) is 5.38. The average Bonchev–Trinajstić information content (AvgIpc) is 4.26. The van der Waals surface area contributed by atoms with E-state index in [1.807, 2.05) is 11.3 Å². The maximum atomic E-state index is 12.8. The van der Waals surface area contributed by atoms with Crippen LogP contribution in [0.3, 0.4) is 0 Å². The SMILES string of the molecule is N#Cc1c(-n2c3ccccc3c3ccccc32)c(-n2c3ccccc3c3ccccc32)c(-c2cccc3c2sc2ccccc23)c(-n2c3ccccc3c3ccccc32)c1-n1c2ccccc2c2ccccc21. The van der Waals surface area contributed by atoms with Gasteiger partial charge in [0.15, 0.2) is 0 Å². The third-order valence-corrected chi connectivity index (χ3v) is 16.6. The molecule has 0 aliphatic heterocycles. The zero-order chi connectivity index (χ0) is 47.9. The Balaban J connectivity index is 1.29. The summed E-state index contributed by atoms with van der Waals surface area (Å²) < 4.78 is 12.2. The summed E-state index contributed by atoms with van der Waals surface area (Å²) >= 11 is 1.84. The first-order chi connectivity index (χ1) is 36.3. The number of fused-ring (bicyclic) bond motifs is 15. The first-order valence-corrected chi connectivity index (χ1v) is 25.6. The topological polar surface area (TPSA) is 43.5 Å². The number of aromatic nitrogens is 4. The van der Waals surface area contributed by atoms with Crippen LogP contribution in [0.25, 0.3) is 141 Å². The van der Waals surface area contributed by atoms with Gasteiger partial charge in [-0.25, -0.2) is 0 Å². The molecule has 0 bridgehead atoms. The Labute approximate surface area is 422 Å². The van der Waals surface area contributed by atoms with Crippen molar-refractivity contribution < 1.29 is 0 Å². The molecular formula is C67H39N5S. The molecule has 0 radical (unpaired) electrons. The van der Waals surface area contributed by atoms with Gasteiger partial charge in [0.2, 0.25) is 0 Å². The van der Waals surface area contributed by atoms with Gasteiger partial charge >= 0.3 is 0 Å². The number of rotatable bonds is 5. The number of para-hydroxylation sites is 8. The fourth-order valence-electron chi connectivity index (χ4n) is 12.5. The van der Waals surface area contributed by atoms with Crippen LogP contribution in [0.1, 0.15) is 5.56 Å². The van der Waals surface area contributed by atoms with E-state index in [1.165, 1.54) is 20.2 Å². The van der Waals surface area contributed by atoms with E-state index in [-0.39, 0.29) is 0 Å². The van der Waals surface area contributed by atoms with Gasteiger partial charge in [0, 0.05) is 74.4 Å². The monoisotopic (exact) mass is 945 g/mol. The molecule has 5 aromatic heterocycles. The van der Waals surface area contributed by atoms with Crippen molar-refractivity contribution in [3.63, 3.8) is 0 Å². The summed E-state index contributed by atoms with van der Waals surface area (Å²) in [6.45, 7) is 0. The summed E-state index contributed by atoms with van der Waals surface area (Å²) in [4.78, 5) is 0. The summed E-state index contributed by atoms with van der Waals surface area (Å²) in [6, 6.07) is 88.6. The Morgan fingerprint density at radius 1 is 0.274 bits per heavy atom. The molecule has 0 unspecified atom stereocenters. The average molecular weight is 946 g/mol. The molecule has 0 aliphatic carbocycles. The van der Waals surface area contributed by atoms with E-state index in [0.29, 0.717) is 5.56 Å². The van der Waals surface area contributed by atoms with Crippen LogP contribution in [0.2, 0.25) is 0 Å². The predicted molar refractivity (Wildman–Crippen MR) is 307 cm³/mol. The lowest BCUT2D eigenvalue weighted by molar-refractivity contribution is 1.04. The van der Waals surface area contributed by atoms with Crippen LogP contribution in [-0.4, -0.2) is 18.3 Å². The Morgan fingerprint density at radius 2 is 0.548 bits per heavy atom. The van der Waals surface area contributed by atoms with Crippen molar-refractivity contribution in [2.45, 2.75) is 0 Å².